The molecule has 0 saturated heterocycles. The number of aryl methyl sites for hydroxylation is 1. The van der Waals surface area contributed by atoms with E-state index in [-0.39, 0.29) is 5.91 Å². The SMILES string of the molecule is N#Cc1c(NC(=O)C[NH+]2CCc3sccc3[C@H]2C2CC2)sc2c1CCC2. The Kier molecular flexibility index (Phi) is 4.11. The van der Waals surface area contributed by atoms with Crippen molar-refractivity contribution in [1.82, 2.24) is 0 Å². The zero-order chi connectivity index (χ0) is 17.7. The van der Waals surface area contributed by atoms with Crippen LogP contribution in [0.4, 0.5) is 5.00 Å². The standard InChI is InChI=1S/C20H21N3OS2/c21-10-15-13-2-1-3-17(13)26-20(15)22-18(24)11-23-8-6-16-14(7-9-25-16)19(23)12-4-5-12/h7,9,12,19H,1-6,8,11H2,(H,22,24)/p+1/t19-/m1/s1. The quantitative estimate of drug-likeness (QED) is 0.852. The van der Waals surface area contributed by atoms with Gasteiger partial charge in [0.15, 0.2) is 6.54 Å². The van der Waals surface area contributed by atoms with Crippen LogP contribution in [0, 0.1) is 17.2 Å². The van der Waals surface area contributed by atoms with E-state index in [0.717, 1.165) is 43.1 Å². The number of fused-ring (bicyclic) bond motifs is 2. The third-order valence-corrected chi connectivity index (χ3v) is 8.20. The van der Waals surface area contributed by atoms with E-state index in [9.17, 15) is 10.1 Å². The summed E-state index contributed by atoms with van der Waals surface area (Å²) in [6, 6.07) is 5.08. The number of quaternary nitrogens is 1. The molecule has 0 radical (unpaired) electrons. The van der Waals surface area contributed by atoms with Crippen molar-refractivity contribution in [1.29, 1.82) is 5.26 Å². The minimum absolute atomic E-state index is 0.0563. The average Bonchev–Trinajstić information content (AvgIpc) is 3.02. The first-order valence-electron chi connectivity index (χ1n) is 9.50. The van der Waals surface area contributed by atoms with Gasteiger partial charge in [-0.2, -0.15) is 5.26 Å². The number of nitriles is 1. The number of carbonyl (C=O) groups is 1. The highest BCUT2D eigenvalue weighted by Gasteiger charge is 2.43. The van der Waals surface area contributed by atoms with Crippen molar-refractivity contribution in [3.05, 3.63) is 37.9 Å². The van der Waals surface area contributed by atoms with Gasteiger partial charge in [0.25, 0.3) is 5.91 Å². The van der Waals surface area contributed by atoms with Crippen molar-refractivity contribution >= 4 is 33.6 Å². The van der Waals surface area contributed by atoms with Crippen LogP contribution in [-0.4, -0.2) is 19.0 Å². The van der Waals surface area contributed by atoms with Crippen LogP contribution in [0.5, 0.6) is 0 Å². The van der Waals surface area contributed by atoms with Crippen LogP contribution < -0.4 is 10.2 Å². The van der Waals surface area contributed by atoms with Gasteiger partial charge in [0.05, 0.1) is 12.1 Å². The molecule has 3 heterocycles. The summed E-state index contributed by atoms with van der Waals surface area (Å²) in [5.74, 6) is 0.799. The van der Waals surface area contributed by atoms with Crippen LogP contribution >= 0.6 is 22.7 Å². The monoisotopic (exact) mass is 384 g/mol. The van der Waals surface area contributed by atoms with Gasteiger partial charge in [-0.25, -0.2) is 0 Å². The number of carbonyl (C=O) groups excluding carboxylic acids is 1. The number of rotatable bonds is 4. The highest BCUT2D eigenvalue weighted by molar-refractivity contribution is 7.16. The molecule has 2 aliphatic carbocycles. The molecule has 0 spiro atoms. The van der Waals surface area contributed by atoms with E-state index in [1.54, 1.807) is 11.3 Å². The highest BCUT2D eigenvalue weighted by Crippen LogP contribution is 2.42. The molecule has 1 fully saturated rings. The molecule has 1 saturated carbocycles. The lowest BCUT2D eigenvalue weighted by Gasteiger charge is -2.32. The normalized spacial score (nSPS) is 24.0. The second-order valence-electron chi connectivity index (χ2n) is 7.67. The number of hydrogen-bond acceptors (Lipinski definition) is 4. The first-order chi connectivity index (χ1) is 12.7. The summed E-state index contributed by atoms with van der Waals surface area (Å²) in [6.07, 6.45) is 6.82. The molecule has 0 bridgehead atoms. The van der Waals surface area contributed by atoms with Gasteiger partial charge in [0, 0.05) is 27.7 Å². The average molecular weight is 385 g/mol. The Hall–Kier alpha value is -1.68. The molecule has 2 aromatic heterocycles. The lowest BCUT2D eigenvalue weighted by atomic mass is 9.96. The van der Waals surface area contributed by atoms with Crippen LogP contribution in [0.2, 0.25) is 0 Å². The Morgan fingerprint density at radius 1 is 1.31 bits per heavy atom. The fraction of sp³-hybridized carbons (Fsp3) is 0.500. The van der Waals surface area contributed by atoms with Crippen LogP contribution in [-0.2, 0) is 24.1 Å². The Morgan fingerprint density at radius 3 is 3.00 bits per heavy atom. The summed E-state index contributed by atoms with van der Waals surface area (Å²) >= 11 is 3.48. The summed E-state index contributed by atoms with van der Waals surface area (Å²) < 4.78 is 0. The summed E-state index contributed by atoms with van der Waals surface area (Å²) in [7, 11) is 0. The van der Waals surface area contributed by atoms with Gasteiger partial charge >= 0.3 is 0 Å². The Labute approximate surface area is 161 Å². The summed E-state index contributed by atoms with van der Waals surface area (Å²) in [4.78, 5) is 17.0. The van der Waals surface area contributed by atoms with E-state index in [0.29, 0.717) is 18.2 Å². The topological polar surface area (TPSA) is 57.3 Å². The molecule has 0 aromatic carbocycles. The number of amides is 1. The zero-order valence-corrected chi connectivity index (χ0v) is 16.3. The molecule has 2 atom stereocenters. The van der Waals surface area contributed by atoms with E-state index in [1.165, 1.54) is 38.6 Å². The molecule has 4 nitrogen and oxygen atoms in total. The fourth-order valence-electron chi connectivity index (χ4n) is 4.68. The molecule has 3 aliphatic rings. The van der Waals surface area contributed by atoms with E-state index in [2.05, 4.69) is 22.8 Å². The van der Waals surface area contributed by atoms with Gasteiger partial charge in [-0.15, -0.1) is 22.7 Å². The Bertz CT molecular complexity index is 903. The smallest absolute Gasteiger partial charge is 0.280 e. The second kappa shape index (κ2) is 6.49. The van der Waals surface area contributed by atoms with Crippen molar-refractivity contribution in [2.75, 3.05) is 18.4 Å². The van der Waals surface area contributed by atoms with Crippen molar-refractivity contribution in [2.24, 2.45) is 5.92 Å². The molecular formula is C20H22N3OS2+. The fourth-order valence-corrected chi connectivity index (χ4v) is 6.87. The minimum atomic E-state index is 0.0563. The van der Waals surface area contributed by atoms with Crippen LogP contribution in [0.1, 0.15) is 51.7 Å². The van der Waals surface area contributed by atoms with Crippen molar-refractivity contribution in [3.8, 4) is 6.07 Å². The molecule has 1 aliphatic heterocycles. The molecule has 6 heteroatoms. The Balaban J connectivity index is 1.33. The lowest BCUT2D eigenvalue weighted by Crippen LogP contribution is -3.14. The predicted molar refractivity (Wildman–Crippen MR) is 104 cm³/mol. The molecule has 26 heavy (non-hydrogen) atoms. The molecule has 2 N–H and O–H groups in total. The van der Waals surface area contributed by atoms with E-state index in [4.69, 9.17) is 0 Å². The molecule has 134 valence electrons. The Morgan fingerprint density at radius 2 is 2.19 bits per heavy atom. The number of anilines is 1. The summed E-state index contributed by atoms with van der Waals surface area (Å²) in [5, 5.41) is 15.6. The van der Waals surface area contributed by atoms with Gasteiger partial charge in [-0.3, -0.25) is 4.79 Å². The van der Waals surface area contributed by atoms with E-state index < -0.39 is 0 Å². The van der Waals surface area contributed by atoms with Crippen molar-refractivity contribution in [2.45, 2.75) is 44.6 Å². The van der Waals surface area contributed by atoms with Gasteiger partial charge in [0.1, 0.15) is 17.1 Å². The van der Waals surface area contributed by atoms with Crippen LogP contribution in [0.25, 0.3) is 0 Å². The lowest BCUT2D eigenvalue weighted by molar-refractivity contribution is -0.928. The maximum Gasteiger partial charge on any atom is 0.280 e. The zero-order valence-electron chi connectivity index (χ0n) is 14.6. The highest BCUT2D eigenvalue weighted by atomic mass is 32.1. The first kappa shape index (κ1) is 16.5. The molecule has 2 aromatic rings. The van der Waals surface area contributed by atoms with Crippen molar-refractivity contribution < 1.29 is 9.69 Å². The largest absolute Gasteiger partial charge is 0.320 e. The van der Waals surface area contributed by atoms with Crippen LogP contribution in [0.15, 0.2) is 11.4 Å². The van der Waals surface area contributed by atoms with Gasteiger partial charge in [-0.1, -0.05) is 0 Å². The number of nitrogens with one attached hydrogen (secondary N) is 2. The van der Waals surface area contributed by atoms with Gasteiger partial charge in [0.2, 0.25) is 0 Å². The van der Waals surface area contributed by atoms with Gasteiger partial charge < -0.3 is 10.2 Å². The minimum Gasteiger partial charge on any atom is -0.320 e. The number of thiophene rings is 2. The number of nitrogens with zero attached hydrogens (tertiary/aromatic N) is 1. The summed E-state index contributed by atoms with van der Waals surface area (Å²) in [5.41, 5.74) is 3.37. The first-order valence-corrected chi connectivity index (χ1v) is 11.2. The summed E-state index contributed by atoms with van der Waals surface area (Å²) in [6.45, 7) is 1.54. The van der Waals surface area contributed by atoms with Crippen LogP contribution in [0.3, 0.4) is 0 Å². The number of hydrogen-bond donors (Lipinski definition) is 2. The maximum absolute atomic E-state index is 12.8. The van der Waals surface area contributed by atoms with Crippen molar-refractivity contribution in [3.63, 3.8) is 0 Å². The maximum atomic E-state index is 12.8. The molecule has 5 rings (SSSR count). The van der Waals surface area contributed by atoms with Gasteiger partial charge in [-0.05, 0) is 49.1 Å². The third kappa shape index (κ3) is 2.79. The van der Waals surface area contributed by atoms with E-state index in [1.807, 2.05) is 11.3 Å². The second-order valence-corrected chi connectivity index (χ2v) is 9.78. The van der Waals surface area contributed by atoms with E-state index >= 15 is 0 Å². The molecular weight excluding hydrogens is 362 g/mol. The predicted octanol–water partition coefficient (Wildman–Crippen LogP) is 2.70. The molecule has 1 amide bonds. The third-order valence-electron chi connectivity index (χ3n) is 6.00. The molecule has 1 unspecified atom stereocenters.